The number of nitrogens with zero attached hydrogens (tertiary/aromatic N) is 2. The number of hydrogen-bond donors (Lipinski definition) is 0. The van der Waals surface area contributed by atoms with E-state index in [1.54, 1.807) is 50.8 Å². The summed E-state index contributed by atoms with van der Waals surface area (Å²) >= 11 is 3.42. The largest absolute Gasteiger partial charge is 0.493 e. The SMILES string of the molecule is CCOC(=O)C1=C(C)N=c2sc(=Cc3cc(I)c(OC)c(OC)c3)c(=O)n2[C@H]1c1ccc2c(c1)OCO2. The molecule has 2 aliphatic heterocycles. The quantitative estimate of drug-likeness (QED) is 0.304. The number of ether oxygens (including phenoxy) is 5. The van der Waals surface area contributed by atoms with E-state index in [1.807, 2.05) is 18.2 Å². The van der Waals surface area contributed by atoms with Crippen molar-refractivity contribution in [2.75, 3.05) is 27.6 Å². The Balaban J connectivity index is 1.71. The summed E-state index contributed by atoms with van der Waals surface area (Å²) < 4.78 is 30.1. The first-order chi connectivity index (χ1) is 17.9. The van der Waals surface area contributed by atoms with Gasteiger partial charge in [0.05, 0.1) is 46.2 Å². The van der Waals surface area contributed by atoms with Gasteiger partial charge in [0.2, 0.25) is 6.79 Å². The highest BCUT2D eigenvalue weighted by Crippen LogP contribution is 2.38. The van der Waals surface area contributed by atoms with E-state index >= 15 is 0 Å². The summed E-state index contributed by atoms with van der Waals surface area (Å²) in [5.41, 5.74) is 1.99. The minimum atomic E-state index is -0.738. The molecule has 5 rings (SSSR count). The second-order valence-electron chi connectivity index (χ2n) is 8.15. The normalized spacial score (nSPS) is 16.4. The van der Waals surface area contributed by atoms with Crippen LogP contribution in [0.5, 0.6) is 23.0 Å². The lowest BCUT2D eigenvalue weighted by Crippen LogP contribution is -2.39. The number of fused-ring (bicyclic) bond motifs is 2. The first-order valence-corrected chi connectivity index (χ1v) is 13.3. The van der Waals surface area contributed by atoms with Crippen molar-refractivity contribution < 1.29 is 28.5 Å². The third-order valence-electron chi connectivity index (χ3n) is 5.98. The number of esters is 1. The van der Waals surface area contributed by atoms with Crippen LogP contribution in [0.4, 0.5) is 0 Å². The summed E-state index contributed by atoms with van der Waals surface area (Å²) in [6, 6.07) is 8.37. The van der Waals surface area contributed by atoms with E-state index in [-0.39, 0.29) is 19.0 Å². The summed E-state index contributed by atoms with van der Waals surface area (Å²) in [6.45, 7) is 3.81. The number of thiazole rings is 1. The Kier molecular flexibility index (Phi) is 6.99. The summed E-state index contributed by atoms with van der Waals surface area (Å²) in [5.74, 6) is 1.83. The second kappa shape index (κ2) is 10.2. The number of benzene rings is 2. The molecule has 11 heteroatoms. The van der Waals surface area contributed by atoms with Crippen LogP contribution in [0.25, 0.3) is 6.08 Å². The Hall–Kier alpha value is -3.32. The molecule has 0 fully saturated rings. The number of allylic oxidation sites excluding steroid dienone is 1. The van der Waals surface area contributed by atoms with Crippen molar-refractivity contribution in [1.82, 2.24) is 4.57 Å². The smallest absolute Gasteiger partial charge is 0.338 e. The Labute approximate surface area is 229 Å². The van der Waals surface area contributed by atoms with Crippen molar-refractivity contribution in [3.8, 4) is 23.0 Å². The summed E-state index contributed by atoms with van der Waals surface area (Å²) in [6.07, 6.45) is 1.79. The second-order valence-corrected chi connectivity index (χ2v) is 10.3. The number of rotatable bonds is 6. The van der Waals surface area contributed by atoms with Crippen molar-refractivity contribution in [2.45, 2.75) is 19.9 Å². The average Bonchev–Trinajstić information content (AvgIpc) is 3.46. The molecule has 3 aromatic rings. The van der Waals surface area contributed by atoms with E-state index in [0.29, 0.717) is 49.2 Å². The van der Waals surface area contributed by atoms with Crippen LogP contribution in [0.1, 0.15) is 31.0 Å². The first kappa shape index (κ1) is 25.3. The minimum Gasteiger partial charge on any atom is -0.493 e. The molecular weight excluding hydrogens is 611 g/mol. The van der Waals surface area contributed by atoms with E-state index in [0.717, 1.165) is 9.13 Å². The molecule has 0 aliphatic carbocycles. The molecule has 0 unspecified atom stereocenters. The molecule has 2 aliphatic rings. The minimum absolute atomic E-state index is 0.116. The molecule has 0 radical (unpaired) electrons. The predicted molar refractivity (Wildman–Crippen MR) is 145 cm³/mol. The van der Waals surface area contributed by atoms with Crippen LogP contribution < -0.4 is 33.8 Å². The molecule has 0 amide bonds. The van der Waals surface area contributed by atoms with Gasteiger partial charge in [-0.15, -0.1) is 0 Å². The third-order valence-corrected chi connectivity index (χ3v) is 7.77. The van der Waals surface area contributed by atoms with Gasteiger partial charge >= 0.3 is 5.97 Å². The maximum absolute atomic E-state index is 13.8. The average molecular weight is 634 g/mol. The van der Waals surface area contributed by atoms with E-state index < -0.39 is 12.0 Å². The summed E-state index contributed by atoms with van der Waals surface area (Å²) in [5, 5.41) is 0. The van der Waals surface area contributed by atoms with Gasteiger partial charge < -0.3 is 23.7 Å². The molecule has 9 nitrogen and oxygen atoms in total. The molecule has 3 heterocycles. The van der Waals surface area contributed by atoms with Gasteiger partial charge in [-0.3, -0.25) is 9.36 Å². The maximum atomic E-state index is 13.8. The molecule has 37 heavy (non-hydrogen) atoms. The monoisotopic (exact) mass is 634 g/mol. The number of methoxy groups -OCH3 is 2. The summed E-state index contributed by atoms with van der Waals surface area (Å²) in [7, 11) is 3.15. The van der Waals surface area contributed by atoms with Crippen LogP contribution in [-0.2, 0) is 9.53 Å². The van der Waals surface area contributed by atoms with Gasteiger partial charge in [-0.2, -0.15) is 0 Å². The van der Waals surface area contributed by atoms with Crippen LogP contribution in [0.2, 0.25) is 0 Å². The topological polar surface area (TPSA) is 97.6 Å². The highest BCUT2D eigenvalue weighted by molar-refractivity contribution is 14.1. The van der Waals surface area contributed by atoms with Crippen LogP contribution >= 0.6 is 33.9 Å². The Morgan fingerprint density at radius 2 is 2.00 bits per heavy atom. The van der Waals surface area contributed by atoms with Crippen LogP contribution in [0.15, 0.2) is 51.4 Å². The molecule has 0 saturated heterocycles. The zero-order chi connectivity index (χ0) is 26.3. The summed E-state index contributed by atoms with van der Waals surface area (Å²) in [4.78, 5) is 32.0. The fraction of sp³-hybridized carbons (Fsp3) is 0.269. The number of carbonyl (C=O) groups is 1. The zero-order valence-corrected chi connectivity index (χ0v) is 23.5. The number of halogens is 1. The predicted octanol–water partition coefficient (Wildman–Crippen LogP) is 3.15. The fourth-order valence-corrected chi connectivity index (χ4v) is 6.25. The van der Waals surface area contributed by atoms with Crippen LogP contribution in [-0.4, -0.2) is 38.2 Å². The van der Waals surface area contributed by atoms with Gasteiger partial charge in [0.25, 0.3) is 5.56 Å². The molecule has 1 atom stereocenters. The van der Waals surface area contributed by atoms with Gasteiger partial charge in [0, 0.05) is 0 Å². The third kappa shape index (κ3) is 4.50. The molecule has 192 valence electrons. The van der Waals surface area contributed by atoms with Gasteiger partial charge in [-0.05, 0) is 77.9 Å². The van der Waals surface area contributed by atoms with Crippen molar-refractivity contribution >= 4 is 46.0 Å². The molecule has 0 bridgehead atoms. The Bertz CT molecular complexity index is 1620. The number of carbonyl (C=O) groups excluding carboxylic acids is 1. The Morgan fingerprint density at radius 3 is 2.73 bits per heavy atom. The first-order valence-electron chi connectivity index (χ1n) is 11.4. The van der Waals surface area contributed by atoms with Gasteiger partial charge in [-0.1, -0.05) is 17.4 Å². The van der Waals surface area contributed by atoms with Crippen LogP contribution in [0, 0.1) is 3.57 Å². The standard InChI is InChI=1S/C26H23IN2O7S/c1-5-34-25(31)21-13(2)28-26-29(22(21)15-6-7-17-18(11-15)36-12-35-17)24(30)20(37-26)10-14-8-16(27)23(33-4)19(9-14)32-3/h6-11,22H,5,12H2,1-4H3/t22-/m0/s1. The molecule has 0 spiro atoms. The van der Waals surface area contributed by atoms with Gasteiger partial charge in [-0.25, -0.2) is 9.79 Å². The van der Waals surface area contributed by atoms with Crippen molar-refractivity contribution in [3.63, 3.8) is 0 Å². The molecule has 0 saturated carbocycles. The molecule has 2 aromatic carbocycles. The fourth-order valence-electron chi connectivity index (χ4n) is 4.36. The highest BCUT2D eigenvalue weighted by Gasteiger charge is 2.34. The lowest BCUT2D eigenvalue weighted by Gasteiger charge is -2.24. The maximum Gasteiger partial charge on any atom is 0.338 e. The lowest BCUT2D eigenvalue weighted by molar-refractivity contribution is -0.139. The van der Waals surface area contributed by atoms with E-state index in [2.05, 4.69) is 27.6 Å². The van der Waals surface area contributed by atoms with Crippen molar-refractivity contribution in [2.24, 2.45) is 4.99 Å². The number of hydrogen-bond acceptors (Lipinski definition) is 9. The molecular formula is C26H23IN2O7S. The van der Waals surface area contributed by atoms with Gasteiger partial charge in [0.15, 0.2) is 27.8 Å². The number of aromatic nitrogens is 1. The lowest BCUT2D eigenvalue weighted by atomic mass is 9.95. The van der Waals surface area contributed by atoms with Crippen molar-refractivity contribution in [1.29, 1.82) is 0 Å². The molecule has 0 N–H and O–H groups in total. The van der Waals surface area contributed by atoms with E-state index in [1.165, 1.54) is 11.3 Å². The molecule has 1 aromatic heterocycles. The van der Waals surface area contributed by atoms with Crippen LogP contribution in [0.3, 0.4) is 0 Å². The zero-order valence-electron chi connectivity index (χ0n) is 20.5. The highest BCUT2D eigenvalue weighted by atomic mass is 127. The van der Waals surface area contributed by atoms with Crippen molar-refractivity contribution in [3.05, 3.63) is 76.0 Å². The van der Waals surface area contributed by atoms with E-state index in [4.69, 9.17) is 23.7 Å². The van der Waals surface area contributed by atoms with Gasteiger partial charge in [0.1, 0.15) is 0 Å². The van der Waals surface area contributed by atoms with E-state index in [9.17, 15) is 9.59 Å². The Morgan fingerprint density at radius 1 is 1.22 bits per heavy atom.